The second-order valence-electron chi connectivity index (χ2n) is 5.15. The fraction of sp³-hybridized carbons (Fsp3) is 0.538. The quantitative estimate of drug-likeness (QED) is 0.699. The van der Waals surface area contributed by atoms with Crippen molar-refractivity contribution in [3.8, 4) is 11.5 Å². The van der Waals surface area contributed by atoms with E-state index >= 15 is 0 Å². The normalized spacial score (nSPS) is 19.6. The zero-order chi connectivity index (χ0) is 12.5. The van der Waals surface area contributed by atoms with Gasteiger partial charge in [0, 0.05) is 23.6 Å². The summed E-state index contributed by atoms with van der Waals surface area (Å²) >= 11 is 0. The first kappa shape index (κ1) is 12.2. The Balaban J connectivity index is 1.99. The van der Waals surface area contributed by atoms with Crippen LogP contribution in [0.2, 0.25) is 0 Å². The SMILES string of the molecule is CC(NCC1(C)COC1)c1cc(O)ccc1O. The van der Waals surface area contributed by atoms with Crippen LogP contribution in [0.1, 0.15) is 25.5 Å². The lowest BCUT2D eigenvalue weighted by atomic mass is 9.88. The van der Waals surface area contributed by atoms with Crippen molar-refractivity contribution in [1.29, 1.82) is 0 Å². The summed E-state index contributed by atoms with van der Waals surface area (Å²) in [6, 6.07) is 4.58. The minimum absolute atomic E-state index is 0.000440. The standard InChI is InChI=1S/C13H19NO3/c1-9(14-6-13(2)7-17-8-13)11-5-10(15)3-4-12(11)16/h3-5,9,14-16H,6-8H2,1-2H3. The van der Waals surface area contributed by atoms with Gasteiger partial charge in [-0.15, -0.1) is 0 Å². The van der Waals surface area contributed by atoms with Crippen LogP contribution in [0.3, 0.4) is 0 Å². The molecule has 0 radical (unpaired) electrons. The molecule has 1 saturated heterocycles. The summed E-state index contributed by atoms with van der Waals surface area (Å²) in [5, 5.41) is 22.5. The zero-order valence-corrected chi connectivity index (χ0v) is 10.2. The van der Waals surface area contributed by atoms with Crippen LogP contribution >= 0.6 is 0 Å². The van der Waals surface area contributed by atoms with Crippen molar-refractivity contribution in [3.63, 3.8) is 0 Å². The van der Waals surface area contributed by atoms with Gasteiger partial charge in [-0.05, 0) is 25.1 Å². The van der Waals surface area contributed by atoms with E-state index in [1.54, 1.807) is 6.07 Å². The topological polar surface area (TPSA) is 61.7 Å². The van der Waals surface area contributed by atoms with E-state index in [1.807, 2.05) is 6.92 Å². The third-order valence-electron chi connectivity index (χ3n) is 3.21. The molecule has 0 aromatic heterocycles. The molecule has 3 N–H and O–H groups in total. The molecule has 1 aliphatic heterocycles. The Hall–Kier alpha value is -1.26. The summed E-state index contributed by atoms with van der Waals surface area (Å²) in [5.74, 6) is 0.377. The molecule has 4 heteroatoms. The first-order valence-corrected chi connectivity index (χ1v) is 5.83. The van der Waals surface area contributed by atoms with Crippen LogP contribution in [-0.4, -0.2) is 30.0 Å². The lowest BCUT2D eigenvalue weighted by Gasteiger charge is -2.39. The molecule has 1 aromatic rings. The Labute approximate surface area is 101 Å². The van der Waals surface area contributed by atoms with Crippen molar-refractivity contribution < 1.29 is 14.9 Å². The number of phenols is 2. The summed E-state index contributed by atoms with van der Waals surface area (Å²) in [6.07, 6.45) is 0. The summed E-state index contributed by atoms with van der Waals surface area (Å²) in [7, 11) is 0. The van der Waals surface area contributed by atoms with Crippen LogP contribution in [-0.2, 0) is 4.74 Å². The minimum Gasteiger partial charge on any atom is -0.508 e. The molecule has 1 aromatic carbocycles. The van der Waals surface area contributed by atoms with Crippen molar-refractivity contribution >= 4 is 0 Å². The molecule has 4 nitrogen and oxygen atoms in total. The largest absolute Gasteiger partial charge is 0.508 e. The Morgan fingerprint density at radius 2 is 2.12 bits per heavy atom. The number of ether oxygens (including phenoxy) is 1. The number of aromatic hydroxyl groups is 2. The second kappa shape index (κ2) is 4.55. The molecule has 0 spiro atoms. The van der Waals surface area contributed by atoms with Gasteiger partial charge in [0.15, 0.2) is 0 Å². The molecule has 94 valence electrons. The average molecular weight is 237 g/mol. The van der Waals surface area contributed by atoms with Crippen molar-refractivity contribution in [2.45, 2.75) is 19.9 Å². The van der Waals surface area contributed by atoms with Crippen LogP contribution in [0.15, 0.2) is 18.2 Å². The molecule has 1 fully saturated rings. The number of nitrogens with one attached hydrogen (secondary N) is 1. The van der Waals surface area contributed by atoms with Crippen LogP contribution in [0, 0.1) is 5.41 Å². The fourth-order valence-corrected chi connectivity index (χ4v) is 1.95. The summed E-state index contributed by atoms with van der Waals surface area (Å²) < 4.78 is 5.19. The van der Waals surface area contributed by atoms with Gasteiger partial charge in [0.1, 0.15) is 11.5 Å². The van der Waals surface area contributed by atoms with Gasteiger partial charge in [-0.3, -0.25) is 0 Å². The number of rotatable bonds is 4. The molecular weight excluding hydrogens is 218 g/mol. The van der Waals surface area contributed by atoms with E-state index < -0.39 is 0 Å². The monoisotopic (exact) mass is 237 g/mol. The molecule has 1 atom stereocenters. The predicted octanol–water partition coefficient (Wildman–Crippen LogP) is 1.78. The molecule has 0 amide bonds. The third-order valence-corrected chi connectivity index (χ3v) is 3.21. The highest BCUT2D eigenvalue weighted by molar-refractivity contribution is 5.40. The smallest absolute Gasteiger partial charge is 0.120 e. The molecule has 0 aliphatic carbocycles. The van der Waals surface area contributed by atoms with Crippen LogP contribution in [0.4, 0.5) is 0 Å². The highest BCUT2D eigenvalue weighted by Crippen LogP contribution is 2.30. The van der Waals surface area contributed by atoms with Crippen molar-refractivity contribution in [1.82, 2.24) is 5.32 Å². The van der Waals surface area contributed by atoms with E-state index in [2.05, 4.69) is 12.2 Å². The van der Waals surface area contributed by atoms with E-state index in [9.17, 15) is 10.2 Å². The number of hydrogen-bond donors (Lipinski definition) is 3. The summed E-state index contributed by atoms with van der Waals surface area (Å²) in [4.78, 5) is 0. The highest BCUT2D eigenvalue weighted by Gasteiger charge is 2.33. The second-order valence-corrected chi connectivity index (χ2v) is 5.15. The Bertz CT molecular complexity index is 402. The van der Waals surface area contributed by atoms with Gasteiger partial charge in [-0.2, -0.15) is 0 Å². The maximum Gasteiger partial charge on any atom is 0.120 e. The van der Waals surface area contributed by atoms with Gasteiger partial charge in [0.05, 0.1) is 13.2 Å². The van der Waals surface area contributed by atoms with Crippen LogP contribution in [0.5, 0.6) is 11.5 Å². The van der Waals surface area contributed by atoms with Gasteiger partial charge in [-0.1, -0.05) is 6.92 Å². The van der Waals surface area contributed by atoms with Crippen molar-refractivity contribution in [3.05, 3.63) is 23.8 Å². The predicted molar refractivity (Wildman–Crippen MR) is 65.1 cm³/mol. The maximum absolute atomic E-state index is 9.73. The van der Waals surface area contributed by atoms with E-state index in [4.69, 9.17) is 4.74 Å². The van der Waals surface area contributed by atoms with Gasteiger partial charge >= 0.3 is 0 Å². The first-order valence-electron chi connectivity index (χ1n) is 5.83. The number of benzene rings is 1. The first-order chi connectivity index (χ1) is 8.00. The van der Waals surface area contributed by atoms with Gasteiger partial charge in [-0.25, -0.2) is 0 Å². The van der Waals surface area contributed by atoms with E-state index in [1.165, 1.54) is 12.1 Å². The Kier molecular flexibility index (Phi) is 3.26. The molecule has 0 saturated carbocycles. The van der Waals surface area contributed by atoms with Crippen LogP contribution < -0.4 is 5.32 Å². The molecule has 0 bridgehead atoms. The fourth-order valence-electron chi connectivity index (χ4n) is 1.95. The third kappa shape index (κ3) is 2.70. The lowest BCUT2D eigenvalue weighted by molar-refractivity contribution is -0.0999. The Morgan fingerprint density at radius 1 is 1.41 bits per heavy atom. The summed E-state index contributed by atoms with van der Waals surface area (Å²) in [5.41, 5.74) is 0.912. The number of hydrogen-bond acceptors (Lipinski definition) is 4. The van der Waals surface area contributed by atoms with E-state index in [0.29, 0.717) is 5.56 Å². The molecule has 1 heterocycles. The minimum atomic E-state index is -0.000440. The van der Waals surface area contributed by atoms with Gasteiger partial charge in [0.25, 0.3) is 0 Å². The van der Waals surface area contributed by atoms with Gasteiger partial charge < -0.3 is 20.3 Å². The molecule has 17 heavy (non-hydrogen) atoms. The molecule has 1 unspecified atom stereocenters. The lowest BCUT2D eigenvalue weighted by Crippen LogP contribution is -2.47. The summed E-state index contributed by atoms with van der Waals surface area (Å²) in [6.45, 7) is 6.52. The highest BCUT2D eigenvalue weighted by atomic mass is 16.5. The van der Waals surface area contributed by atoms with E-state index in [-0.39, 0.29) is 23.0 Å². The van der Waals surface area contributed by atoms with E-state index in [0.717, 1.165) is 19.8 Å². The maximum atomic E-state index is 9.73. The van der Waals surface area contributed by atoms with Crippen LogP contribution in [0.25, 0.3) is 0 Å². The zero-order valence-electron chi connectivity index (χ0n) is 10.2. The Morgan fingerprint density at radius 3 is 2.71 bits per heavy atom. The molecular formula is C13H19NO3. The van der Waals surface area contributed by atoms with Crippen molar-refractivity contribution in [2.24, 2.45) is 5.41 Å². The average Bonchev–Trinajstić information content (AvgIpc) is 2.26. The van der Waals surface area contributed by atoms with Crippen molar-refractivity contribution in [2.75, 3.05) is 19.8 Å². The van der Waals surface area contributed by atoms with Gasteiger partial charge in [0.2, 0.25) is 0 Å². The number of phenolic OH excluding ortho intramolecular Hbond substituents is 2. The molecule has 2 rings (SSSR count). The molecule has 1 aliphatic rings.